The molecule has 0 spiro atoms. The monoisotopic (exact) mass is 302 g/mol. The van der Waals surface area contributed by atoms with Crippen LogP contribution in [0.15, 0.2) is 18.2 Å². The maximum atomic E-state index is 11.7. The third kappa shape index (κ3) is 3.76. The van der Waals surface area contributed by atoms with Crippen molar-refractivity contribution in [2.24, 2.45) is 0 Å². The molecule has 1 aliphatic heterocycles. The van der Waals surface area contributed by atoms with Crippen LogP contribution in [0.25, 0.3) is 0 Å². The van der Waals surface area contributed by atoms with E-state index in [1.54, 1.807) is 0 Å². The van der Waals surface area contributed by atoms with Crippen LogP contribution in [0, 0.1) is 0 Å². The first-order chi connectivity index (χ1) is 8.87. The molecule has 106 valence electrons. The van der Waals surface area contributed by atoms with Crippen LogP contribution in [0.2, 0.25) is 5.02 Å². The largest absolute Gasteiger partial charge is 0.380 e. The molecule has 1 heterocycles. The molecule has 1 saturated heterocycles. The minimum Gasteiger partial charge on any atom is -0.380 e. The molecule has 1 aliphatic rings. The van der Waals surface area contributed by atoms with E-state index in [-0.39, 0.29) is 11.8 Å². The number of halogens is 1. The quantitative estimate of drug-likeness (QED) is 0.931. The maximum Gasteiger partial charge on any atom is 0.152 e. The van der Waals surface area contributed by atoms with Crippen LogP contribution < -0.4 is 10.2 Å². The van der Waals surface area contributed by atoms with Crippen LogP contribution in [-0.4, -0.2) is 40.1 Å². The van der Waals surface area contributed by atoms with Crippen molar-refractivity contribution in [3.63, 3.8) is 0 Å². The molecule has 0 amide bonds. The normalized spacial score (nSPS) is 21.9. The lowest BCUT2D eigenvalue weighted by molar-refractivity contribution is 0.562. The van der Waals surface area contributed by atoms with Crippen molar-refractivity contribution < 1.29 is 8.42 Å². The Morgan fingerprint density at radius 2 is 2.11 bits per heavy atom. The van der Waals surface area contributed by atoms with Gasteiger partial charge in [0.05, 0.1) is 22.9 Å². The molecule has 0 aliphatic carbocycles. The van der Waals surface area contributed by atoms with E-state index < -0.39 is 9.84 Å². The number of anilines is 2. The lowest BCUT2D eigenvalue weighted by Crippen LogP contribution is -2.35. The molecule has 6 heteroatoms. The zero-order valence-electron chi connectivity index (χ0n) is 11.2. The van der Waals surface area contributed by atoms with Crippen LogP contribution in [0.5, 0.6) is 0 Å². The molecule has 1 aromatic rings. The fraction of sp³-hybridized carbons (Fsp3) is 0.538. The Bertz CT molecular complexity index is 558. The molecule has 19 heavy (non-hydrogen) atoms. The van der Waals surface area contributed by atoms with Crippen LogP contribution in [0.1, 0.15) is 12.8 Å². The highest BCUT2D eigenvalue weighted by atomic mass is 35.5. The van der Waals surface area contributed by atoms with Gasteiger partial charge in [0.25, 0.3) is 0 Å². The van der Waals surface area contributed by atoms with Crippen LogP contribution in [-0.2, 0) is 9.84 Å². The van der Waals surface area contributed by atoms with E-state index in [2.05, 4.69) is 5.32 Å². The molecule has 2 rings (SSSR count). The summed E-state index contributed by atoms with van der Waals surface area (Å²) < 4.78 is 23.3. The smallest absolute Gasteiger partial charge is 0.152 e. The topological polar surface area (TPSA) is 49.4 Å². The molecule has 0 saturated carbocycles. The molecule has 0 aromatic heterocycles. The van der Waals surface area contributed by atoms with Gasteiger partial charge in [-0.05, 0) is 31.0 Å². The Morgan fingerprint density at radius 3 is 2.74 bits per heavy atom. The highest BCUT2D eigenvalue weighted by molar-refractivity contribution is 7.91. The minimum absolute atomic E-state index is 0.0316. The van der Waals surface area contributed by atoms with Crippen molar-refractivity contribution in [3.8, 4) is 0 Å². The number of nitrogens with zero attached hydrogens (tertiary/aromatic N) is 1. The van der Waals surface area contributed by atoms with E-state index in [0.29, 0.717) is 10.8 Å². The summed E-state index contributed by atoms with van der Waals surface area (Å²) in [5.41, 5.74) is 1.90. The Morgan fingerprint density at radius 1 is 1.37 bits per heavy atom. The van der Waals surface area contributed by atoms with Gasteiger partial charge < -0.3 is 10.2 Å². The zero-order valence-corrected chi connectivity index (χ0v) is 12.8. The molecule has 4 nitrogen and oxygen atoms in total. The summed E-state index contributed by atoms with van der Waals surface area (Å²) in [7, 11) is 0.997. The van der Waals surface area contributed by atoms with E-state index >= 15 is 0 Å². The van der Waals surface area contributed by atoms with Crippen LogP contribution >= 0.6 is 11.6 Å². The van der Waals surface area contributed by atoms with E-state index in [1.165, 1.54) is 0 Å². The lowest BCUT2D eigenvalue weighted by Gasteiger charge is -2.27. The number of hydrogen-bond acceptors (Lipinski definition) is 4. The van der Waals surface area contributed by atoms with Gasteiger partial charge in [0.15, 0.2) is 9.84 Å². The van der Waals surface area contributed by atoms with Gasteiger partial charge in [-0.2, -0.15) is 0 Å². The summed E-state index contributed by atoms with van der Waals surface area (Å²) in [6.45, 7) is 0. The van der Waals surface area contributed by atoms with Crippen LogP contribution in [0.3, 0.4) is 0 Å². The molecule has 1 N–H and O–H groups in total. The molecule has 1 fully saturated rings. The fourth-order valence-electron chi connectivity index (χ4n) is 2.37. The predicted molar refractivity (Wildman–Crippen MR) is 81.1 cm³/mol. The summed E-state index contributed by atoms with van der Waals surface area (Å²) in [6, 6.07) is 5.58. The summed E-state index contributed by atoms with van der Waals surface area (Å²) in [4.78, 5) is 1.98. The van der Waals surface area contributed by atoms with Crippen molar-refractivity contribution in [2.45, 2.75) is 18.9 Å². The third-order valence-corrected chi connectivity index (χ3v) is 5.32. The van der Waals surface area contributed by atoms with Gasteiger partial charge in [-0.1, -0.05) is 11.6 Å². The highest BCUT2D eigenvalue weighted by Gasteiger charge is 2.25. The second kappa shape index (κ2) is 5.59. The summed E-state index contributed by atoms with van der Waals surface area (Å²) in [6.07, 6.45) is 1.59. The number of rotatable bonds is 3. The Balaban J connectivity index is 2.20. The Labute approximate surface area is 119 Å². The number of benzene rings is 1. The van der Waals surface area contributed by atoms with Crippen molar-refractivity contribution in [1.29, 1.82) is 0 Å². The summed E-state index contributed by atoms with van der Waals surface area (Å²) in [5.74, 6) is 0.508. The highest BCUT2D eigenvalue weighted by Crippen LogP contribution is 2.29. The molecular weight excluding hydrogens is 284 g/mol. The summed E-state index contributed by atoms with van der Waals surface area (Å²) in [5, 5.41) is 3.97. The second-order valence-corrected chi connectivity index (χ2v) is 7.82. The van der Waals surface area contributed by atoms with Gasteiger partial charge in [0, 0.05) is 25.2 Å². The van der Waals surface area contributed by atoms with Gasteiger partial charge in [-0.25, -0.2) is 8.42 Å². The van der Waals surface area contributed by atoms with Crippen molar-refractivity contribution >= 4 is 32.8 Å². The standard InChI is InChI=1S/C13H19ClN2O2S/c1-16(2)13-6-5-10(14)8-12(13)15-11-4-3-7-19(17,18)9-11/h5-6,8,11,15H,3-4,7,9H2,1-2H3. The SMILES string of the molecule is CN(C)c1ccc(Cl)cc1NC1CCCS(=O)(=O)C1. The molecule has 1 unspecified atom stereocenters. The number of nitrogens with one attached hydrogen (secondary N) is 1. The first-order valence-corrected chi connectivity index (χ1v) is 8.51. The van der Waals surface area contributed by atoms with Gasteiger partial charge in [-0.15, -0.1) is 0 Å². The third-order valence-electron chi connectivity index (χ3n) is 3.26. The van der Waals surface area contributed by atoms with Gasteiger partial charge in [0.2, 0.25) is 0 Å². The summed E-state index contributed by atoms with van der Waals surface area (Å²) >= 11 is 6.02. The Hall–Kier alpha value is -0.940. The molecule has 1 aromatic carbocycles. The van der Waals surface area contributed by atoms with E-state index in [0.717, 1.165) is 24.2 Å². The van der Waals surface area contributed by atoms with E-state index in [9.17, 15) is 8.42 Å². The number of hydrogen-bond donors (Lipinski definition) is 1. The van der Waals surface area contributed by atoms with Gasteiger partial charge in [0.1, 0.15) is 0 Å². The van der Waals surface area contributed by atoms with E-state index in [1.807, 2.05) is 37.2 Å². The lowest BCUT2D eigenvalue weighted by atomic mass is 10.1. The number of sulfone groups is 1. The second-order valence-electron chi connectivity index (χ2n) is 5.15. The average molecular weight is 303 g/mol. The first-order valence-electron chi connectivity index (χ1n) is 6.31. The van der Waals surface area contributed by atoms with Crippen molar-refractivity contribution in [2.75, 3.05) is 35.8 Å². The van der Waals surface area contributed by atoms with Crippen LogP contribution in [0.4, 0.5) is 11.4 Å². The molecular formula is C13H19ClN2O2S. The molecule has 1 atom stereocenters. The molecule has 0 radical (unpaired) electrons. The molecule has 0 bridgehead atoms. The average Bonchev–Trinajstić information content (AvgIpc) is 2.27. The fourth-order valence-corrected chi connectivity index (χ4v) is 4.18. The van der Waals surface area contributed by atoms with Gasteiger partial charge in [-0.3, -0.25) is 0 Å². The van der Waals surface area contributed by atoms with E-state index in [4.69, 9.17) is 11.6 Å². The van der Waals surface area contributed by atoms with Crippen molar-refractivity contribution in [1.82, 2.24) is 0 Å². The van der Waals surface area contributed by atoms with Crippen molar-refractivity contribution in [3.05, 3.63) is 23.2 Å². The zero-order chi connectivity index (χ0) is 14.0. The Kier molecular flexibility index (Phi) is 4.26. The predicted octanol–water partition coefficient (Wildman–Crippen LogP) is 2.40. The maximum absolute atomic E-state index is 11.7. The first kappa shape index (κ1) is 14.5. The van der Waals surface area contributed by atoms with Gasteiger partial charge >= 0.3 is 0 Å². The minimum atomic E-state index is -2.90.